The van der Waals surface area contributed by atoms with Gasteiger partial charge < -0.3 is 5.32 Å². The molecule has 5 rings (SSSR count). The summed E-state index contributed by atoms with van der Waals surface area (Å²) >= 11 is 6.20. The van der Waals surface area contributed by atoms with Crippen LogP contribution >= 0.6 is 11.6 Å². The topological polar surface area (TPSA) is 24.9 Å². The molecule has 1 unspecified atom stereocenters. The van der Waals surface area contributed by atoms with Crippen molar-refractivity contribution in [3.8, 4) is 0 Å². The van der Waals surface area contributed by atoms with E-state index in [1.165, 1.54) is 38.5 Å². The van der Waals surface area contributed by atoms with Crippen LogP contribution in [-0.4, -0.2) is 11.0 Å². The molecule has 20 heavy (non-hydrogen) atoms. The second kappa shape index (κ2) is 4.62. The number of aromatic nitrogens is 1. The second-order valence-electron chi connectivity index (χ2n) is 7.49. The highest BCUT2D eigenvalue weighted by molar-refractivity contribution is 6.31. The minimum Gasteiger partial charge on any atom is -0.380 e. The van der Waals surface area contributed by atoms with Crippen molar-refractivity contribution in [1.29, 1.82) is 0 Å². The fourth-order valence-corrected chi connectivity index (χ4v) is 5.76. The molecule has 108 valence electrons. The molecule has 2 nitrogen and oxygen atoms in total. The molecule has 0 amide bonds. The van der Waals surface area contributed by atoms with Gasteiger partial charge in [-0.15, -0.1) is 0 Å². The van der Waals surface area contributed by atoms with Gasteiger partial charge in [-0.05, 0) is 80.8 Å². The third-order valence-corrected chi connectivity index (χ3v) is 6.44. The molecule has 4 aliphatic rings. The van der Waals surface area contributed by atoms with Crippen molar-refractivity contribution in [2.24, 2.45) is 23.2 Å². The number of anilines is 1. The van der Waals surface area contributed by atoms with Crippen molar-refractivity contribution >= 4 is 17.3 Å². The molecule has 0 radical (unpaired) electrons. The Morgan fingerprint density at radius 1 is 1.20 bits per heavy atom. The lowest BCUT2D eigenvalue weighted by atomic mass is 9.48. The Hall–Kier alpha value is -0.760. The highest BCUT2D eigenvalue weighted by Crippen LogP contribution is 2.61. The highest BCUT2D eigenvalue weighted by atomic mass is 35.5. The van der Waals surface area contributed by atoms with Crippen LogP contribution in [0.4, 0.5) is 5.69 Å². The first-order chi connectivity index (χ1) is 9.64. The van der Waals surface area contributed by atoms with E-state index in [1.54, 1.807) is 6.20 Å². The Bertz CT molecular complexity index is 478. The summed E-state index contributed by atoms with van der Waals surface area (Å²) in [5.41, 5.74) is 1.51. The van der Waals surface area contributed by atoms with Gasteiger partial charge in [-0.3, -0.25) is 0 Å². The maximum absolute atomic E-state index is 6.20. The molecule has 3 heteroatoms. The number of hydrogen-bond donors (Lipinski definition) is 1. The summed E-state index contributed by atoms with van der Waals surface area (Å²) in [6.45, 7) is 2.36. The number of halogens is 1. The van der Waals surface area contributed by atoms with E-state index in [0.29, 0.717) is 16.6 Å². The average Bonchev–Trinajstić information content (AvgIpc) is 2.40. The van der Waals surface area contributed by atoms with Crippen LogP contribution in [0.15, 0.2) is 18.3 Å². The summed E-state index contributed by atoms with van der Waals surface area (Å²) < 4.78 is 0. The summed E-state index contributed by atoms with van der Waals surface area (Å²) in [6, 6.07) is 4.50. The van der Waals surface area contributed by atoms with Crippen LogP contribution < -0.4 is 5.32 Å². The summed E-state index contributed by atoms with van der Waals surface area (Å²) in [5.74, 6) is 2.99. The quantitative estimate of drug-likeness (QED) is 0.813. The largest absolute Gasteiger partial charge is 0.380 e. The zero-order valence-corrected chi connectivity index (χ0v) is 12.9. The fraction of sp³-hybridized carbons (Fsp3) is 0.706. The van der Waals surface area contributed by atoms with Gasteiger partial charge in [0, 0.05) is 12.2 Å². The fourth-order valence-electron chi connectivity index (χ4n) is 5.59. The van der Waals surface area contributed by atoms with E-state index < -0.39 is 0 Å². The summed E-state index contributed by atoms with van der Waals surface area (Å²) in [4.78, 5) is 4.18. The predicted octanol–water partition coefficient (Wildman–Crippen LogP) is 4.75. The van der Waals surface area contributed by atoms with Crippen LogP contribution in [0.2, 0.25) is 5.15 Å². The molecule has 4 fully saturated rings. The molecule has 1 aromatic heterocycles. The lowest BCUT2D eigenvalue weighted by Gasteiger charge is -2.59. The molecule has 0 aromatic carbocycles. The van der Waals surface area contributed by atoms with Gasteiger partial charge in [-0.25, -0.2) is 4.98 Å². The van der Waals surface area contributed by atoms with E-state index in [4.69, 9.17) is 11.6 Å². The Morgan fingerprint density at radius 3 is 2.35 bits per heavy atom. The maximum Gasteiger partial charge on any atom is 0.152 e. The number of hydrogen-bond acceptors (Lipinski definition) is 2. The lowest BCUT2D eigenvalue weighted by Crippen LogP contribution is -2.52. The third kappa shape index (κ3) is 2.04. The van der Waals surface area contributed by atoms with Gasteiger partial charge in [0.25, 0.3) is 0 Å². The molecular weight excluding hydrogens is 268 g/mol. The van der Waals surface area contributed by atoms with Crippen LogP contribution in [0.25, 0.3) is 0 Å². The van der Waals surface area contributed by atoms with Gasteiger partial charge in [0.1, 0.15) is 0 Å². The van der Waals surface area contributed by atoms with Crippen LogP contribution in [0, 0.1) is 23.2 Å². The first-order valence-electron chi connectivity index (χ1n) is 8.02. The van der Waals surface area contributed by atoms with E-state index >= 15 is 0 Å². The maximum atomic E-state index is 6.20. The van der Waals surface area contributed by atoms with Crippen molar-refractivity contribution < 1.29 is 0 Å². The molecule has 1 heterocycles. The van der Waals surface area contributed by atoms with Crippen molar-refractivity contribution in [2.45, 2.75) is 51.5 Å². The minimum atomic E-state index is 0.498. The molecule has 0 spiro atoms. The lowest BCUT2D eigenvalue weighted by molar-refractivity contribution is -0.0602. The molecule has 0 aliphatic heterocycles. The van der Waals surface area contributed by atoms with Gasteiger partial charge in [-0.1, -0.05) is 11.6 Å². The van der Waals surface area contributed by atoms with Gasteiger partial charge >= 0.3 is 0 Å². The van der Waals surface area contributed by atoms with E-state index in [1.807, 2.05) is 12.1 Å². The van der Waals surface area contributed by atoms with Crippen LogP contribution in [0.1, 0.15) is 45.4 Å². The van der Waals surface area contributed by atoms with E-state index in [2.05, 4.69) is 17.2 Å². The van der Waals surface area contributed by atoms with Crippen molar-refractivity contribution in [1.82, 2.24) is 4.98 Å². The number of pyridine rings is 1. The minimum absolute atomic E-state index is 0.498. The molecule has 1 N–H and O–H groups in total. The van der Waals surface area contributed by atoms with E-state index in [0.717, 1.165) is 23.4 Å². The van der Waals surface area contributed by atoms with Crippen LogP contribution in [0.5, 0.6) is 0 Å². The standard InChI is InChI=1S/C17H23ClN2/c1-11(20-15-3-2-4-19-16(15)18)17-8-12-5-13(9-17)7-14(6-12)10-17/h2-4,11-14,20H,5-10H2,1H3. The summed E-state index contributed by atoms with van der Waals surface area (Å²) in [5, 5.41) is 4.27. The van der Waals surface area contributed by atoms with E-state index in [-0.39, 0.29) is 0 Å². The average molecular weight is 291 g/mol. The van der Waals surface area contributed by atoms with E-state index in [9.17, 15) is 0 Å². The third-order valence-electron chi connectivity index (χ3n) is 6.14. The zero-order chi connectivity index (χ0) is 13.7. The van der Waals surface area contributed by atoms with Gasteiger partial charge in [0.2, 0.25) is 0 Å². The van der Waals surface area contributed by atoms with Crippen LogP contribution in [0.3, 0.4) is 0 Å². The Kier molecular flexibility index (Phi) is 2.99. The van der Waals surface area contributed by atoms with Crippen molar-refractivity contribution in [3.05, 3.63) is 23.5 Å². The highest BCUT2D eigenvalue weighted by Gasteiger charge is 2.53. The number of nitrogens with one attached hydrogen (secondary N) is 1. The van der Waals surface area contributed by atoms with Crippen LogP contribution in [-0.2, 0) is 0 Å². The Morgan fingerprint density at radius 2 is 1.80 bits per heavy atom. The monoisotopic (exact) mass is 290 g/mol. The van der Waals surface area contributed by atoms with Gasteiger partial charge in [0.05, 0.1) is 5.69 Å². The second-order valence-corrected chi connectivity index (χ2v) is 7.85. The zero-order valence-electron chi connectivity index (χ0n) is 12.1. The molecule has 1 aromatic rings. The molecule has 0 saturated heterocycles. The van der Waals surface area contributed by atoms with Gasteiger partial charge in [-0.2, -0.15) is 0 Å². The smallest absolute Gasteiger partial charge is 0.152 e. The summed E-state index contributed by atoms with van der Waals surface area (Å²) in [6.07, 6.45) is 10.5. The molecule has 4 aliphatic carbocycles. The van der Waals surface area contributed by atoms with Crippen molar-refractivity contribution in [2.75, 3.05) is 5.32 Å². The molecular formula is C17H23ClN2. The first-order valence-corrected chi connectivity index (χ1v) is 8.39. The number of rotatable bonds is 3. The molecule has 1 atom stereocenters. The SMILES string of the molecule is CC(Nc1cccnc1Cl)C12CC3CC(CC(C3)C1)C2. The van der Waals surface area contributed by atoms with Gasteiger partial charge in [0.15, 0.2) is 5.15 Å². The normalized spacial score (nSPS) is 39.8. The first kappa shape index (κ1) is 12.9. The Labute approximate surface area is 126 Å². The van der Waals surface area contributed by atoms with Crippen molar-refractivity contribution in [3.63, 3.8) is 0 Å². The Balaban J connectivity index is 1.56. The number of nitrogens with zero attached hydrogens (tertiary/aromatic N) is 1. The molecule has 4 saturated carbocycles. The predicted molar refractivity (Wildman–Crippen MR) is 82.9 cm³/mol. The molecule has 4 bridgehead atoms. The summed E-state index contributed by atoms with van der Waals surface area (Å²) in [7, 11) is 0.